The Balaban J connectivity index is 0.00000200. The van der Waals surface area contributed by atoms with Gasteiger partial charge in [0.2, 0.25) is 5.91 Å². The minimum atomic E-state index is -0.917. The largest absolute Gasteiger partial charge is 0.508 e. The topological polar surface area (TPSA) is 40.5 Å². The fourth-order valence-corrected chi connectivity index (χ4v) is 2.38. The molecule has 0 fully saturated rings. The minimum Gasteiger partial charge on any atom is -0.508 e. The van der Waals surface area contributed by atoms with E-state index in [-0.39, 0.29) is 62.8 Å². The molecule has 1 amide bonds. The zero-order chi connectivity index (χ0) is 14.2. The van der Waals surface area contributed by atoms with Crippen molar-refractivity contribution in [2.45, 2.75) is 18.2 Å². The van der Waals surface area contributed by atoms with Gasteiger partial charge >= 0.3 is 0 Å². The molecule has 0 saturated heterocycles. The van der Waals surface area contributed by atoms with Gasteiger partial charge in [0.1, 0.15) is 5.75 Å². The van der Waals surface area contributed by atoms with E-state index in [9.17, 15) is 13.6 Å². The molecule has 1 aliphatic heterocycles. The number of carbonyl (C=O) groups excluding carboxylic acids is 1. The van der Waals surface area contributed by atoms with Crippen LogP contribution in [-0.2, 0) is 37.5 Å². The summed E-state index contributed by atoms with van der Waals surface area (Å²) in [5.41, 5.74) is -0.259. The molecule has 1 N–H and O–H groups in total. The number of phenols is 1. The maximum absolute atomic E-state index is 13.8. The summed E-state index contributed by atoms with van der Waals surface area (Å²) in [7, 11) is 0. The third kappa shape index (κ3) is 3.29. The fourth-order valence-electron chi connectivity index (χ4n) is 1.97. The molecule has 1 aromatic carbocycles. The third-order valence-corrected chi connectivity index (χ3v) is 3.55. The number of allylic oxidation sites excluding steroid dienone is 1. The number of phenolic OH excluding ortho intramolecular Hbond substituents is 1. The van der Waals surface area contributed by atoms with E-state index in [2.05, 4.69) is 22.0 Å². The van der Waals surface area contributed by atoms with Crippen molar-refractivity contribution in [3.8, 4) is 5.75 Å². The quantitative estimate of drug-likeness (QED) is 0.591. The summed E-state index contributed by atoms with van der Waals surface area (Å²) in [6.07, 6.45) is 3.07. The number of rotatable bonds is 2. The van der Waals surface area contributed by atoms with Crippen LogP contribution >= 0.6 is 15.9 Å². The molecular formula is C13H11BrF2NO2Y-. The molecule has 0 aromatic heterocycles. The molecule has 0 saturated carbocycles. The van der Waals surface area contributed by atoms with E-state index in [0.29, 0.717) is 0 Å². The summed E-state index contributed by atoms with van der Waals surface area (Å²) < 4.78 is 27.6. The molecule has 1 unspecified atom stereocenters. The van der Waals surface area contributed by atoms with Crippen LogP contribution in [0.1, 0.15) is 18.9 Å². The monoisotopic (exact) mass is 419 g/mol. The molecule has 0 aliphatic carbocycles. The van der Waals surface area contributed by atoms with E-state index in [1.165, 1.54) is 4.90 Å². The van der Waals surface area contributed by atoms with Gasteiger partial charge in [-0.2, -0.15) is 0 Å². The number of amides is 1. The second-order valence-electron chi connectivity index (χ2n) is 4.06. The SMILES string of the molecule is CCN1C(=O)C(Br)C[C-]=C1c1c(F)cc(O)cc1F.[Y]. The molecule has 2 rings (SSSR count). The molecule has 1 aliphatic rings. The average molecular weight is 420 g/mol. The molecule has 7 heteroatoms. The van der Waals surface area contributed by atoms with E-state index >= 15 is 0 Å². The van der Waals surface area contributed by atoms with Crippen molar-refractivity contribution in [2.75, 3.05) is 6.54 Å². The first-order valence-electron chi connectivity index (χ1n) is 5.70. The second-order valence-corrected chi connectivity index (χ2v) is 5.17. The van der Waals surface area contributed by atoms with Gasteiger partial charge in [-0.05, 0) is 19.1 Å². The van der Waals surface area contributed by atoms with Gasteiger partial charge in [-0.3, -0.25) is 4.79 Å². The van der Waals surface area contributed by atoms with Gasteiger partial charge in [-0.1, -0.05) is 27.9 Å². The Morgan fingerprint density at radius 1 is 1.45 bits per heavy atom. The van der Waals surface area contributed by atoms with E-state index in [1.54, 1.807) is 6.92 Å². The Labute approximate surface area is 149 Å². The molecule has 0 spiro atoms. The minimum absolute atomic E-state index is 0. The smallest absolute Gasteiger partial charge is 0.236 e. The van der Waals surface area contributed by atoms with Crippen LogP contribution in [0.4, 0.5) is 8.78 Å². The zero-order valence-electron chi connectivity index (χ0n) is 10.7. The van der Waals surface area contributed by atoms with Gasteiger partial charge in [0, 0.05) is 39.3 Å². The van der Waals surface area contributed by atoms with E-state index in [1.807, 2.05) is 0 Å². The number of nitrogens with zero attached hydrogens (tertiary/aromatic N) is 1. The van der Waals surface area contributed by atoms with Crippen LogP contribution in [0.3, 0.4) is 0 Å². The summed E-state index contributed by atoms with van der Waals surface area (Å²) in [6.45, 7) is 1.99. The van der Waals surface area contributed by atoms with Crippen molar-refractivity contribution < 1.29 is 51.4 Å². The summed E-state index contributed by atoms with van der Waals surface area (Å²) >= 11 is 3.19. The molecule has 1 heterocycles. The Bertz CT molecular complexity index is 542. The van der Waals surface area contributed by atoms with Crippen LogP contribution < -0.4 is 0 Å². The Morgan fingerprint density at radius 2 is 2.00 bits per heavy atom. The molecule has 3 nitrogen and oxygen atoms in total. The number of hydrogen-bond acceptors (Lipinski definition) is 2. The summed E-state index contributed by atoms with van der Waals surface area (Å²) in [5, 5.41) is 9.14. The fraction of sp³-hybridized carbons (Fsp3) is 0.308. The Hall–Kier alpha value is -0.326. The van der Waals surface area contributed by atoms with Crippen LogP contribution in [0.2, 0.25) is 0 Å². The second kappa shape index (κ2) is 7.09. The summed E-state index contributed by atoms with van der Waals surface area (Å²) in [4.78, 5) is 12.8. The molecule has 20 heavy (non-hydrogen) atoms. The number of halogens is 3. The van der Waals surface area contributed by atoms with Crippen LogP contribution in [0.5, 0.6) is 5.75 Å². The van der Waals surface area contributed by atoms with Crippen LogP contribution in [0.15, 0.2) is 12.1 Å². The Kier molecular flexibility index (Phi) is 6.29. The van der Waals surface area contributed by atoms with Gasteiger partial charge in [-0.25, -0.2) is 14.9 Å². The summed E-state index contributed by atoms with van der Waals surface area (Å²) in [5.74, 6) is -2.59. The number of hydrogen-bond donors (Lipinski definition) is 1. The van der Waals surface area contributed by atoms with Crippen molar-refractivity contribution in [1.29, 1.82) is 0 Å². The molecule has 1 atom stereocenters. The van der Waals surface area contributed by atoms with Crippen molar-refractivity contribution in [3.05, 3.63) is 35.4 Å². The number of benzene rings is 1. The predicted octanol–water partition coefficient (Wildman–Crippen LogP) is 2.83. The van der Waals surface area contributed by atoms with Crippen molar-refractivity contribution in [2.24, 2.45) is 0 Å². The first-order chi connectivity index (χ1) is 8.95. The summed E-state index contributed by atoms with van der Waals surface area (Å²) in [6, 6.07) is 1.62. The first-order valence-corrected chi connectivity index (χ1v) is 6.62. The normalized spacial score (nSPS) is 18.6. The number of carbonyl (C=O) groups is 1. The maximum Gasteiger partial charge on any atom is 0.236 e. The van der Waals surface area contributed by atoms with Crippen LogP contribution in [0.25, 0.3) is 5.70 Å². The van der Waals surface area contributed by atoms with Crippen molar-refractivity contribution >= 4 is 27.5 Å². The van der Waals surface area contributed by atoms with E-state index in [4.69, 9.17) is 5.11 Å². The van der Waals surface area contributed by atoms with Gasteiger partial charge in [0.15, 0.2) is 0 Å². The average Bonchev–Trinajstić information content (AvgIpc) is 2.32. The number of alkyl halides is 1. The van der Waals surface area contributed by atoms with Crippen LogP contribution in [0, 0.1) is 17.7 Å². The maximum atomic E-state index is 13.8. The van der Waals surface area contributed by atoms with Gasteiger partial charge in [-0.15, -0.1) is 5.70 Å². The predicted molar refractivity (Wildman–Crippen MR) is 69.4 cm³/mol. The third-order valence-electron chi connectivity index (χ3n) is 2.83. The van der Waals surface area contributed by atoms with Crippen LogP contribution in [-0.4, -0.2) is 27.3 Å². The van der Waals surface area contributed by atoms with Crippen molar-refractivity contribution in [1.82, 2.24) is 4.90 Å². The van der Waals surface area contributed by atoms with Gasteiger partial charge in [0.05, 0.1) is 16.5 Å². The molecule has 1 radical (unpaired) electrons. The van der Waals surface area contributed by atoms with Gasteiger partial charge < -0.3 is 10.0 Å². The Morgan fingerprint density at radius 3 is 2.50 bits per heavy atom. The first kappa shape index (κ1) is 17.7. The standard InChI is InChI=1S/C13H11BrF2NO2.Y/c1-2-17-11(4-3-8(14)13(17)19)12-9(15)5-7(18)6-10(12)16;/h5-6,8,18H,2-3H2,1H3;/q-1;. The van der Waals surface area contributed by atoms with E-state index < -0.39 is 22.2 Å². The van der Waals surface area contributed by atoms with E-state index in [0.717, 1.165) is 12.1 Å². The van der Waals surface area contributed by atoms with Crippen molar-refractivity contribution in [3.63, 3.8) is 0 Å². The molecule has 105 valence electrons. The molecule has 0 bridgehead atoms. The zero-order valence-corrected chi connectivity index (χ0v) is 15.1. The number of aromatic hydroxyl groups is 1. The molecule has 1 aromatic rings. The molecular weight excluding hydrogens is 409 g/mol. The van der Waals surface area contributed by atoms with Gasteiger partial charge in [0.25, 0.3) is 0 Å².